The van der Waals surface area contributed by atoms with E-state index in [9.17, 15) is 14.9 Å². The first-order valence-electron chi connectivity index (χ1n) is 9.70. The molecule has 0 fully saturated rings. The quantitative estimate of drug-likeness (QED) is 0.180. The maximum absolute atomic E-state index is 12.1. The van der Waals surface area contributed by atoms with E-state index in [2.05, 4.69) is 21.2 Å². The summed E-state index contributed by atoms with van der Waals surface area (Å²) in [6.45, 7) is 2.56. The summed E-state index contributed by atoms with van der Waals surface area (Å²) in [4.78, 5) is 24.1. The standard InChI is InChI=1S/C24H23BrN2O4/c1-3-4-13-27-24(29)19(16-26)14-17-5-9-20(10-6-17)31-23(28)12-8-18-7-11-22(30-2)21(25)15-18/h5-12,14-15H,3-4,13H2,1-2H3,(H,27,29)/b12-8+,19-14+. The number of unbranched alkanes of at least 4 members (excludes halogenated alkanes) is 1. The number of hydrogen-bond acceptors (Lipinski definition) is 5. The zero-order chi connectivity index (χ0) is 22.6. The molecule has 0 heterocycles. The number of rotatable bonds is 9. The third-order valence-electron chi connectivity index (χ3n) is 4.18. The van der Waals surface area contributed by atoms with Crippen LogP contribution in [0, 0.1) is 11.3 Å². The van der Waals surface area contributed by atoms with E-state index >= 15 is 0 Å². The Hall–Kier alpha value is -3.37. The van der Waals surface area contributed by atoms with Gasteiger partial charge in [0.1, 0.15) is 23.1 Å². The lowest BCUT2D eigenvalue weighted by molar-refractivity contribution is -0.128. The molecule has 0 spiro atoms. The fraction of sp³-hybridized carbons (Fsp3) is 0.208. The first kappa shape index (κ1) is 23.9. The van der Waals surface area contributed by atoms with Crippen LogP contribution in [0.3, 0.4) is 0 Å². The smallest absolute Gasteiger partial charge is 0.336 e. The molecule has 0 saturated carbocycles. The highest BCUT2D eigenvalue weighted by Crippen LogP contribution is 2.26. The number of carbonyl (C=O) groups excluding carboxylic acids is 2. The van der Waals surface area contributed by atoms with Crippen LogP contribution >= 0.6 is 15.9 Å². The van der Waals surface area contributed by atoms with Crippen molar-refractivity contribution in [2.45, 2.75) is 19.8 Å². The van der Waals surface area contributed by atoms with Crippen LogP contribution in [0.5, 0.6) is 11.5 Å². The van der Waals surface area contributed by atoms with Crippen LogP contribution < -0.4 is 14.8 Å². The summed E-state index contributed by atoms with van der Waals surface area (Å²) >= 11 is 3.40. The van der Waals surface area contributed by atoms with E-state index in [1.165, 1.54) is 12.2 Å². The molecule has 0 aliphatic rings. The lowest BCUT2D eigenvalue weighted by atomic mass is 10.1. The van der Waals surface area contributed by atoms with Gasteiger partial charge in [-0.2, -0.15) is 5.26 Å². The zero-order valence-corrected chi connectivity index (χ0v) is 18.9. The molecule has 0 saturated heterocycles. The van der Waals surface area contributed by atoms with Gasteiger partial charge in [0.05, 0.1) is 11.6 Å². The van der Waals surface area contributed by atoms with E-state index in [-0.39, 0.29) is 5.57 Å². The van der Waals surface area contributed by atoms with Crippen LogP contribution in [-0.2, 0) is 9.59 Å². The van der Waals surface area contributed by atoms with Crippen molar-refractivity contribution in [1.29, 1.82) is 5.26 Å². The van der Waals surface area contributed by atoms with Gasteiger partial charge >= 0.3 is 5.97 Å². The van der Waals surface area contributed by atoms with Crippen molar-refractivity contribution in [3.63, 3.8) is 0 Å². The first-order valence-corrected chi connectivity index (χ1v) is 10.5. The molecule has 1 amide bonds. The molecule has 0 aliphatic heterocycles. The molecule has 2 rings (SSSR count). The van der Waals surface area contributed by atoms with Crippen molar-refractivity contribution in [3.8, 4) is 17.6 Å². The van der Waals surface area contributed by atoms with E-state index < -0.39 is 11.9 Å². The van der Waals surface area contributed by atoms with Crippen LogP contribution in [0.15, 0.2) is 58.6 Å². The minimum absolute atomic E-state index is 0.0226. The average molecular weight is 483 g/mol. The number of nitriles is 1. The molecule has 2 aromatic rings. The lowest BCUT2D eigenvalue weighted by Crippen LogP contribution is -2.25. The number of carbonyl (C=O) groups is 2. The molecule has 0 radical (unpaired) electrons. The molecule has 160 valence electrons. The Morgan fingerprint density at radius 2 is 1.87 bits per heavy atom. The van der Waals surface area contributed by atoms with Crippen LogP contribution in [-0.4, -0.2) is 25.5 Å². The second-order valence-electron chi connectivity index (χ2n) is 6.50. The van der Waals surface area contributed by atoms with Crippen LogP contribution in [0.4, 0.5) is 0 Å². The Labute approximate surface area is 190 Å². The van der Waals surface area contributed by atoms with Gasteiger partial charge in [0, 0.05) is 12.6 Å². The second-order valence-corrected chi connectivity index (χ2v) is 7.35. The summed E-state index contributed by atoms with van der Waals surface area (Å²) in [6.07, 6.45) is 6.28. The maximum atomic E-state index is 12.1. The van der Waals surface area contributed by atoms with E-state index in [1.807, 2.05) is 25.1 Å². The Balaban J connectivity index is 1.98. The highest BCUT2D eigenvalue weighted by atomic mass is 79.9. The van der Waals surface area contributed by atoms with Crippen LogP contribution in [0.2, 0.25) is 0 Å². The number of amides is 1. The van der Waals surface area contributed by atoms with Gasteiger partial charge in [-0.1, -0.05) is 31.5 Å². The number of benzene rings is 2. The number of ether oxygens (including phenoxy) is 2. The Kier molecular flexibility index (Phi) is 9.53. The normalized spacial score (nSPS) is 11.1. The minimum atomic E-state index is -0.525. The Morgan fingerprint density at radius 1 is 1.16 bits per heavy atom. The molecule has 1 N–H and O–H groups in total. The topological polar surface area (TPSA) is 88.4 Å². The fourth-order valence-corrected chi connectivity index (χ4v) is 3.08. The van der Waals surface area contributed by atoms with Crippen molar-refractivity contribution >= 4 is 40.0 Å². The third kappa shape index (κ3) is 7.76. The van der Waals surface area contributed by atoms with Crippen LogP contribution in [0.25, 0.3) is 12.2 Å². The summed E-state index contributed by atoms with van der Waals surface area (Å²) in [5.41, 5.74) is 1.49. The highest BCUT2D eigenvalue weighted by molar-refractivity contribution is 9.10. The summed E-state index contributed by atoms with van der Waals surface area (Å²) in [5, 5.41) is 11.9. The van der Waals surface area contributed by atoms with Gasteiger partial charge in [-0.3, -0.25) is 4.79 Å². The number of nitrogens with zero attached hydrogens (tertiary/aromatic N) is 1. The molecule has 0 bridgehead atoms. The summed E-state index contributed by atoms with van der Waals surface area (Å²) < 4.78 is 11.2. The van der Waals surface area contributed by atoms with Crippen molar-refractivity contribution in [2.24, 2.45) is 0 Å². The molecule has 0 aliphatic carbocycles. The lowest BCUT2D eigenvalue weighted by Gasteiger charge is -2.04. The molecule has 0 aromatic heterocycles. The Morgan fingerprint density at radius 3 is 2.48 bits per heavy atom. The molecular formula is C24H23BrN2O4. The van der Waals surface area contributed by atoms with Crippen molar-refractivity contribution in [3.05, 3.63) is 69.7 Å². The molecule has 31 heavy (non-hydrogen) atoms. The summed E-state index contributed by atoms with van der Waals surface area (Å²) in [5.74, 6) is 0.130. The fourth-order valence-electron chi connectivity index (χ4n) is 2.52. The van der Waals surface area contributed by atoms with Gasteiger partial charge in [0.15, 0.2) is 0 Å². The number of methoxy groups -OCH3 is 1. The van der Waals surface area contributed by atoms with Gasteiger partial charge in [-0.25, -0.2) is 4.79 Å². The van der Waals surface area contributed by atoms with Crippen molar-refractivity contribution in [2.75, 3.05) is 13.7 Å². The highest BCUT2D eigenvalue weighted by Gasteiger charge is 2.08. The molecule has 6 nitrogen and oxygen atoms in total. The summed E-state index contributed by atoms with van der Waals surface area (Å²) in [7, 11) is 1.58. The monoisotopic (exact) mass is 482 g/mol. The Bertz CT molecular complexity index is 1020. The number of nitrogens with one attached hydrogen (secondary N) is 1. The SMILES string of the molecule is CCCCNC(=O)/C(C#N)=C/c1ccc(OC(=O)/C=C/c2ccc(OC)c(Br)c2)cc1. The average Bonchev–Trinajstić information content (AvgIpc) is 2.77. The zero-order valence-electron chi connectivity index (χ0n) is 17.4. The number of esters is 1. The molecule has 0 unspecified atom stereocenters. The number of halogens is 1. The minimum Gasteiger partial charge on any atom is -0.496 e. The predicted molar refractivity (Wildman–Crippen MR) is 123 cm³/mol. The molecule has 0 atom stereocenters. The van der Waals surface area contributed by atoms with E-state index in [0.29, 0.717) is 23.6 Å². The second kappa shape index (κ2) is 12.4. The summed E-state index contributed by atoms with van der Waals surface area (Å²) in [6, 6.07) is 13.9. The van der Waals surface area contributed by atoms with Gasteiger partial charge in [-0.05, 0) is 69.9 Å². The predicted octanol–water partition coefficient (Wildman–Crippen LogP) is 4.90. The van der Waals surface area contributed by atoms with Gasteiger partial charge in [0.25, 0.3) is 5.91 Å². The van der Waals surface area contributed by atoms with E-state index in [0.717, 1.165) is 22.9 Å². The number of hydrogen-bond donors (Lipinski definition) is 1. The largest absolute Gasteiger partial charge is 0.496 e. The first-order chi connectivity index (χ1) is 15.0. The van der Waals surface area contributed by atoms with Crippen molar-refractivity contribution < 1.29 is 19.1 Å². The van der Waals surface area contributed by atoms with Crippen molar-refractivity contribution in [1.82, 2.24) is 5.32 Å². The molecular weight excluding hydrogens is 460 g/mol. The van der Waals surface area contributed by atoms with Gasteiger partial charge in [0.2, 0.25) is 0 Å². The van der Waals surface area contributed by atoms with Gasteiger partial charge in [-0.15, -0.1) is 0 Å². The third-order valence-corrected chi connectivity index (χ3v) is 4.80. The maximum Gasteiger partial charge on any atom is 0.336 e. The molecule has 7 heteroatoms. The van der Waals surface area contributed by atoms with Gasteiger partial charge < -0.3 is 14.8 Å². The van der Waals surface area contributed by atoms with E-state index in [4.69, 9.17) is 9.47 Å². The molecule has 2 aromatic carbocycles. The van der Waals surface area contributed by atoms with E-state index in [1.54, 1.807) is 43.5 Å². The van der Waals surface area contributed by atoms with Crippen LogP contribution in [0.1, 0.15) is 30.9 Å².